The third-order valence-corrected chi connectivity index (χ3v) is 3.97. The fourth-order valence-corrected chi connectivity index (χ4v) is 2.98. The van der Waals surface area contributed by atoms with Crippen molar-refractivity contribution in [3.8, 4) is 0 Å². The highest BCUT2D eigenvalue weighted by molar-refractivity contribution is 9.10. The van der Waals surface area contributed by atoms with Crippen LogP contribution in [-0.4, -0.2) is 28.7 Å². The standard InChI is InChI=1S/C13H12BrN3O3/c14-8-5-7-1-4-11(19)17(12(7)15-6-8)9-2-3-10(18)16-13(9)20/h5-6,9H,1-4H2,(H,16,18,20). The molecule has 7 heteroatoms. The molecule has 1 fully saturated rings. The second-order valence-corrected chi connectivity index (χ2v) is 5.78. The zero-order valence-corrected chi connectivity index (χ0v) is 12.1. The van der Waals surface area contributed by atoms with Crippen LogP contribution >= 0.6 is 15.9 Å². The van der Waals surface area contributed by atoms with E-state index in [1.165, 1.54) is 4.90 Å². The van der Waals surface area contributed by atoms with Crippen LogP contribution < -0.4 is 10.2 Å². The molecule has 3 amide bonds. The molecule has 1 aromatic rings. The third-order valence-electron chi connectivity index (χ3n) is 3.54. The zero-order chi connectivity index (χ0) is 14.3. The molecule has 3 heterocycles. The Morgan fingerprint density at radius 3 is 2.80 bits per heavy atom. The van der Waals surface area contributed by atoms with Crippen molar-refractivity contribution in [2.24, 2.45) is 0 Å². The lowest BCUT2D eigenvalue weighted by Gasteiger charge is -2.35. The van der Waals surface area contributed by atoms with E-state index in [0.717, 1.165) is 10.0 Å². The van der Waals surface area contributed by atoms with E-state index in [1.54, 1.807) is 6.20 Å². The number of piperidine rings is 1. The van der Waals surface area contributed by atoms with Gasteiger partial charge in [0.1, 0.15) is 11.9 Å². The van der Waals surface area contributed by atoms with Crippen LogP contribution in [0.5, 0.6) is 0 Å². The van der Waals surface area contributed by atoms with Crippen LogP contribution in [0.15, 0.2) is 16.7 Å². The molecular formula is C13H12BrN3O3. The number of aromatic nitrogens is 1. The Hall–Kier alpha value is -1.76. The highest BCUT2D eigenvalue weighted by atomic mass is 79.9. The van der Waals surface area contributed by atoms with Gasteiger partial charge in [-0.2, -0.15) is 0 Å². The molecule has 0 aliphatic carbocycles. The third kappa shape index (κ3) is 2.22. The van der Waals surface area contributed by atoms with Crippen molar-refractivity contribution >= 4 is 39.5 Å². The topological polar surface area (TPSA) is 79.4 Å². The number of pyridine rings is 1. The molecule has 1 unspecified atom stereocenters. The Labute approximate surface area is 123 Å². The summed E-state index contributed by atoms with van der Waals surface area (Å²) in [5, 5.41) is 2.28. The Morgan fingerprint density at radius 2 is 2.05 bits per heavy atom. The largest absolute Gasteiger partial charge is 0.295 e. The number of rotatable bonds is 1. The summed E-state index contributed by atoms with van der Waals surface area (Å²) in [4.78, 5) is 41.1. The van der Waals surface area contributed by atoms with Gasteiger partial charge < -0.3 is 0 Å². The molecule has 0 spiro atoms. The van der Waals surface area contributed by atoms with E-state index >= 15 is 0 Å². The summed E-state index contributed by atoms with van der Waals surface area (Å²) in [6.07, 6.45) is 3.16. The Kier molecular flexibility index (Phi) is 3.29. The van der Waals surface area contributed by atoms with Gasteiger partial charge in [-0.3, -0.25) is 24.6 Å². The van der Waals surface area contributed by atoms with Crippen molar-refractivity contribution in [1.82, 2.24) is 10.3 Å². The van der Waals surface area contributed by atoms with Crippen LogP contribution in [0.1, 0.15) is 24.8 Å². The summed E-state index contributed by atoms with van der Waals surface area (Å²) < 4.78 is 0.842. The quantitative estimate of drug-likeness (QED) is 0.773. The summed E-state index contributed by atoms with van der Waals surface area (Å²) in [5.41, 5.74) is 0.934. The van der Waals surface area contributed by atoms with E-state index in [4.69, 9.17) is 0 Å². The van der Waals surface area contributed by atoms with Crippen molar-refractivity contribution in [3.05, 3.63) is 22.3 Å². The van der Waals surface area contributed by atoms with E-state index in [-0.39, 0.29) is 18.2 Å². The number of anilines is 1. The van der Waals surface area contributed by atoms with E-state index in [1.807, 2.05) is 6.07 Å². The van der Waals surface area contributed by atoms with Gasteiger partial charge in [0, 0.05) is 23.5 Å². The van der Waals surface area contributed by atoms with E-state index in [0.29, 0.717) is 25.1 Å². The second-order valence-electron chi connectivity index (χ2n) is 4.87. The molecule has 0 radical (unpaired) electrons. The van der Waals surface area contributed by atoms with Gasteiger partial charge in [-0.05, 0) is 40.4 Å². The average molecular weight is 338 g/mol. The molecule has 6 nitrogen and oxygen atoms in total. The minimum Gasteiger partial charge on any atom is -0.295 e. The molecule has 3 rings (SSSR count). The number of aryl methyl sites for hydroxylation is 1. The van der Waals surface area contributed by atoms with Crippen LogP contribution in [-0.2, 0) is 20.8 Å². The highest BCUT2D eigenvalue weighted by Gasteiger charge is 2.38. The number of hydrogen-bond donors (Lipinski definition) is 1. The number of imide groups is 1. The van der Waals surface area contributed by atoms with Crippen LogP contribution in [0.2, 0.25) is 0 Å². The summed E-state index contributed by atoms with van der Waals surface area (Å²) in [6, 6.07) is 1.26. The van der Waals surface area contributed by atoms with Crippen molar-refractivity contribution < 1.29 is 14.4 Å². The first-order valence-corrected chi connectivity index (χ1v) is 7.16. The molecular weight excluding hydrogens is 326 g/mol. The summed E-state index contributed by atoms with van der Waals surface area (Å²) >= 11 is 3.35. The fraction of sp³-hybridized carbons (Fsp3) is 0.385. The predicted octanol–water partition coefficient (Wildman–Crippen LogP) is 0.928. The lowest BCUT2D eigenvalue weighted by Crippen LogP contribution is -2.56. The van der Waals surface area contributed by atoms with Gasteiger partial charge in [-0.15, -0.1) is 0 Å². The monoisotopic (exact) mass is 337 g/mol. The molecule has 1 saturated heterocycles. The molecule has 1 atom stereocenters. The first-order chi connectivity index (χ1) is 9.56. The number of fused-ring (bicyclic) bond motifs is 1. The first kappa shape index (κ1) is 13.2. The number of halogens is 1. The lowest BCUT2D eigenvalue weighted by molar-refractivity contribution is -0.135. The van der Waals surface area contributed by atoms with Gasteiger partial charge in [0.25, 0.3) is 0 Å². The van der Waals surface area contributed by atoms with Gasteiger partial charge >= 0.3 is 0 Å². The number of nitrogens with zero attached hydrogens (tertiary/aromatic N) is 2. The molecule has 2 aliphatic rings. The number of hydrogen-bond acceptors (Lipinski definition) is 4. The average Bonchev–Trinajstić information content (AvgIpc) is 2.40. The van der Waals surface area contributed by atoms with Crippen LogP contribution in [0.3, 0.4) is 0 Å². The maximum atomic E-state index is 12.2. The van der Waals surface area contributed by atoms with Crippen molar-refractivity contribution in [2.45, 2.75) is 31.7 Å². The van der Waals surface area contributed by atoms with Crippen LogP contribution in [0.25, 0.3) is 0 Å². The number of carbonyl (C=O) groups excluding carboxylic acids is 3. The Bertz CT molecular complexity index is 617. The number of carbonyl (C=O) groups is 3. The summed E-state index contributed by atoms with van der Waals surface area (Å²) in [5.74, 6) is -0.312. The van der Waals surface area contributed by atoms with Gasteiger partial charge in [0.05, 0.1) is 0 Å². The minimum atomic E-state index is -0.645. The molecule has 1 aromatic heterocycles. The molecule has 0 aromatic carbocycles. The first-order valence-electron chi connectivity index (χ1n) is 6.36. The van der Waals surface area contributed by atoms with Crippen molar-refractivity contribution in [3.63, 3.8) is 0 Å². The maximum Gasteiger partial charge on any atom is 0.249 e. The van der Waals surface area contributed by atoms with Gasteiger partial charge in [-0.1, -0.05) is 0 Å². The molecule has 1 N–H and O–H groups in total. The number of nitrogens with one attached hydrogen (secondary N) is 1. The van der Waals surface area contributed by atoms with Crippen LogP contribution in [0.4, 0.5) is 5.82 Å². The summed E-state index contributed by atoms with van der Waals surface area (Å²) in [7, 11) is 0. The van der Waals surface area contributed by atoms with Gasteiger partial charge in [0.2, 0.25) is 17.7 Å². The molecule has 0 saturated carbocycles. The van der Waals surface area contributed by atoms with E-state index < -0.39 is 11.9 Å². The summed E-state index contributed by atoms with van der Waals surface area (Å²) in [6.45, 7) is 0. The Balaban J connectivity index is 1.99. The van der Waals surface area contributed by atoms with Gasteiger partial charge in [-0.25, -0.2) is 4.98 Å². The van der Waals surface area contributed by atoms with E-state index in [9.17, 15) is 14.4 Å². The van der Waals surface area contributed by atoms with E-state index in [2.05, 4.69) is 26.2 Å². The molecule has 104 valence electrons. The number of amides is 3. The van der Waals surface area contributed by atoms with Crippen molar-refractivity contribution in [1.29, 1.82) is 0 Å². The normalized spacial score (nSPS) is 22.6. The fourth-order valence-electron chi connectivity index (χ4n) is 2.60. The zero-order valence-electron chi connectivity index (χ0n) is 10.6. The SMILES string of the molecule is O=C1CCC(N2C(=O)CCc3cc(Br)cnc32)C(=O)N1. The second kappa shape index (κ2) is 4.97. The maximum absolute atomic E-state index is 12.2. The highest BCUT2D eigenvalue weighted by Crippen LogP contribution is 2.31. The predicted molar refractivity (Wildman–Crippen MR) is 73.9 cm³/mol. The van der Waals surface area contributed by atoms with Crippen molar-refractivity contribution in [2.75, 3.05) is 4.90 Å². The van der Waals surface area contributed by atoms with Gasteiger partial charge in [0.15, 0.2) is 0 Å². The molecule has 0 bridgehead atoms. The Morgan fingerprint density at radius 1 is 1.25 bits per heavy atom. The smallest absolute Gasteiger partial charge is 0.249 e. The molecule has 20 heavy (non-hydrogen) atoms. The van der Waals surface area contributed by atoms with Crippen LogP contribution in [0, 0.1) is 0 Å². The molecule has 2 aliphatic heterocycles. The minimum absolute atomic E-state index is 0.123. The lowest BCUT2D eigenvalue weighted by atomic mass is 9.98.